The number of carbonyl (C=O) groups is 1. The average molecular weight is 346 g/mol. The third-order valence-electron chi connectivity index (χ3n) is 3.18. The number of carbonyl (C=O) groups excluding carboxylic acids is 1. The fraction of sp³-hybridized carbons (Fsp3) is 0.143. The first-order valence-corrected chi connectivity index (χ1v) is 7.05. The predicted molar refractivity (Wildman–Crippen MR) is 79.9 cm³/mol. The van der Waals surface area contributed by atoms with Gasteiger partial charge in [-0.2, -0.15) is 9.67 Å². The number of nitro groups is 1. The Hall–Kier alpha value is -3.63. The summed E-state index contributed by atoms with van der Waals surface area (Å²) in [5.74, 6) is -1.59. The molecule has 3 aromatic rings. The van der Waals surface area contributed by atoms with Crippen LogP contribution in [0.5, 0.6) is 0 Å². The van der Waals surface area contributed by atoms with Gasteiger partial charge in [0.1, 0.15) is 12.4 Å². The van der Waals surface area contributed by atoms with Gasteiger partial charge in [0.25, 0.3) is 0 Å². The van der Waals surface area contributed by atoms with Gasteiger partial charge in [0.15, 0.2) is 5.82 Å². The van der Waals surface area contributed by atoms with Crippen molar-refractivity contribution < 1.29 is 18.6 Å². The van der Waals surface area contributed by atoms with E-state index in [0.29, 0.717) is 5.56 Å². The van der Waals surface area contributed by atoms with Crippen LogP contribution in [0.2, 0.25) is 0 Å². The van der Waals surface area contributed by atoms with Crippen molar-refractivity contribution in [3.8, 4) is 0 Å². The summed E-state index contributed by atoms with van der Waals surface area (Å²) in [4.78, 5) is 25.8. The quantitative estimate of drug-likeness (QED) is 0.526. The van der Waals surface area contributed by atoms with Gasteiger partial charge in [-0.25, -0.2) is 4.39 Å². The Morgan fingerprint density at radius 3 is 2.88 bits per heavy atom. The maximum Gasteiger partial charge on any atom is 0.389 e. The number of halogens is 1. The van der Waals surface area contributed by atoms with Gasteiger partial charge in [-0.05, 0) is 11.0 Å². The molecule has 25 heavy (non-hydrogen) atoms. The highest BCUT2D eigenvalue weighted by molar-refractivity contribution is 5.89. The minimum absolute atomic E-state index is 0.00205. The minimum atomic E-state index is -0.659. The van der Waals surface area contributed by atoms with E-state index < -0.39 is 16.6 Å². The first-order chi connectivity index (χ1) is 12.0. The van der Waals surface area contributed by atoms with Gasteiger partial charge < -0.3 is 20.0 Å². The molecule has 0 atom stereocenters. The molecule has 0 aliphatic rings. The van der Waals surface area contributed by atoms with Gasteiger partial charge in [0, 0.05) is 12.1 Å². The molecule has 0 spiro atoms. The van der Waals surface area contributed by atoms with E-state index in [-0.39, 0.29) is 30.6 Å². The van der Waals surface area contributed by atoms with Crippen LogP contribution < -0.4 is 5.32 Å². The van der Waals surface area contributed by atoms with Crippen molar-refractivity contribution in [2.45, 2.75) is 13.1 Å². The highest BCUT2D eigenvalue weighted by Crippen LogP contribution is 2.08. The van der Waals surface area contributed by atoms with Crippen molar-refractivity contribution in [3.05, 3.63) is 69.7 Å². The molecular weight excluding hydrogens is 335 g/mol. The monoisotopic (exact) mass is 346 g/mol. The lowest BCUT2D eigenvalue weighted by atomic mass is 10.2. The zero-order chi connectivity index (χ0) is 17.8. The van der Waals surface area contributed by atoms with Crippen molar-refractivity contribution in [2.24, 2.45) is 0 Å². The van der Waals surface area contributed by atoms with Crippen LogP contribution in [0.3, 0.4) is 0 Å². The van der Waals surface area contributed by atoms with E-state index in [9.17, 15) is 19.3 Å². The van der Waals surface area contributed by atoms with E-state index in [1.54, 1.807) is 18.2 Å². The predicted octanol–water partition coefficient (Wildman–Crippen LogP) is 1.29. The summed E-state index contributed by atoms with van der Waals surface area (Å²) in [6.45, 7) is -0.0352. The van der Waals surface area contributed by atoms with Gasteiger partial charge in [-0.15, -0.1) is 0 Å². The molecule has 0 saturated carbocycles. The van der Waals surface area contributed by atoms with Crippen molar-refractivity contribution in [1.82, 2.24) is 25.2 Å². The van der Waals surface area contributed by atoms with Gasteiger partial charge in [0.2, 0.25) is 0 Å². The van der Waals surface area contributed by atoms with E-state index >= 15 is 0 Å². The lowest BCUT2D eigenvalue weighted by Crippen LogP contribution is -2.23. The molecule has 0 aliphatic carbocycles. The van der Waals surface area contributed by atoms with E-state index in [0.717, 1.165) is 0 Å². The lowest BCUT2D eigenvalue weighted by molar-refractivity contribution is -0.389. The van der Waals surface area contributed by atoms with Crippen LogP contribution in [0.4, 0.5) is 10.2 Å². The van der Waals surface area contributed by atoms with Crippen LogP contribution in [0, 0.1) is 15.9 Å². The Balaban J connectivity index is 1.61. The molecule has 0 fully saturated rings. The molecule has 0 unspecified atom stereocenters. The molecule has 10 nitrogen and oxygen atoms in total. The fourth-order valence-corrected chi connectivity index (χ4v) is 1.98. The number of nitrogens with zero attached hydrogens (tertiary/aromatic N) is 5. The summed E-state index contributed by atoms with van der Waals surface area (Å²) in [6.07, 6.45) is 1.38. The summed E-state index contributed by atoms with van der Waals surface area (Å²) < 4.78 is 19.6. The van der Waals surface area contributed by atoms with Gasteiger partial charge in [0.05, 0.1) is 17.4 Å². The van der Waals surface area contributed by atoms with Crippen molar-refractivity contribution in [3.63, 3.8) is 0 Å². The first-order valence-electron chi connectivity index (χ1n) is 7.05. The third-order valence-corrected chi connectivity index (χ3v) is 3.18. The number of aromatic nitrogens is 4. The molecule has 0 radical (unpaired) electrons. The standard InChI is InChI=1S/C14H11FN6O4/c15-10-4-2-1-3-9(10)7-16-13(22)14-17-11(19-25-14)8-20-6-5-12(18-20)21(23)24/h1-6H,7-8H2,(H,16,22). The maximum atomic E-state index is 13.5. The number of rotatable bonds is 6. The van der Waals surface area contributed by atoms with Crippen molar-refractivity contribution in [2.75, 3.05) is 0 Å². The average Bonchev–Trinajstić information content (AvgIpc) is 3.24. The Labute approximate surface area is 139 Å². The topological polar surface area (TPSA) is 129 Å². The number of nitrogens with one attached hydrogen (secondary N) is 1. The van der Waals surface area contributed by atoms with Crippen LogP contribution in [-0.4, -0.2) is 30.8 Å². The minimum Gasteiger partial charge on any atom is -0.358 e. The molecule has 11 heteroatoms. The number of amides is 1. The number of benzene rings is 1. The molecular formula is C14H11FN6O4. The van der Waals surface area contributed by atoms with Crippen molar-refractivity contribution in [1.29, 1.82) is 0 Å². The van der Waals surface area contributed by atoms with Crippen molar-refractivity contribution >= 4 is 11.7 Å². The largest absolute Gasteiger partial charge is 0.389 e. The molecule has 0 aliphatic heterocycles. The molecule has 0 bridgehead atoms. The number of hydrogen-bond acceptors (Lipinski definition) is 7. The van der Waals surface area contributed by atoms with E-state index in [1.165, 1.54) is 23.0 Å². The highest BCUT2D eigenvalue weighted by atomic mass is 19.1. The van der Waals surface area contributed by atoms with Crippen LogP contribution in [0.1, 0.15) is 22.1 Å². The summed E-state index contributed by atoms with van der Waals surface area (Å²) in [7, 11) is 0. The van der Waals surface area contributed by atoms with E-state index in [4.69, 9.17) is 4.52 Å². The summed E-state index contributed by atoms with van der Waals surface area (Å²) in [6, 6.07) is 7.25. The molecule has 1 N–H and O–H groups in total. The molecule has 1 aromatic carbocycles. The zero-order valence-electron chi connectivity index (χ0n) is 12.6. The molecule has 0 saturated heterocycles. The SMILES string of the molecule is O=C(NCc1ccccc1F)c1nc(Cn2ccc([N+](=O)[O-])n2)no1. The summed E-state index contributed by atoms with van der Waals surface area (Å²) >= 11 is 0. The maximum absolute atomic E-state index is 13.5. The second kappa shape index (κ2) is 6.86. The third kappa shape index (κ3) is 3.83. The van der Waals surface area contributed by atoms with E-state index in [2.05, 4.69) is 20.6 Å². The second-order valence-electron chi connectivity index (χ2n) is 4.92. The Morgan fingerprint density at radius 2 is 2.16 bits per heavy atom. The molecule has 3 rings (SSSR count). The number of hydrogen-bond donors (Lipinski definition) is 1. The van der Waals surface area contributed by atoms with Crippen LogP contribution >= 0.6 is 0 Å². The highest BCUT2D eigenvalue weighted by Gasteiger charge is 2.18. The fourth-order valence-electron chi connectivity index (χ4n) is 1.98. The van der Waals surface area contributed by atoms with Crippen LogP contribution in [0.25, 0.3) is 0 Å². The molecule has 2 heterocycles. The second-order valence-corrected chi connectivity index (χ2v) is 4.92. The smallest absolute Gasteiger partial charge is 0.358 e. The molecule has 2 aromatic heterocycles. The van der Waals surface area contributed by atoms with Gasteiger partial charge in [-0.3, -0.25) is 4.79 Å². The normalized spacial score (nSPS) is 10.6. The summed E-state index contributed by atoms with van der Waals surface area (Å²) in [5, 5.41) is 20.3. The molecule has 128 valence electrons. The molecule has 1 amide bonds. The van der Waals surface area contributed by atoms with E-state index in [1.807, 2.05) is 0 Å². The Morgan fingerprint density at radius 1 is 1.36 bits per heavy atom. The van der Waals surface area contributed by atoms with Crippen LogP contribution in [-0.2, 0) is 13.1 Å². The Bertz CT molecular complexity index is 921. The van der Waals surface area contributed by atoms with Gasteiger partial charge >= 0.3 is 17.6 Å². The first kappa shape index (κ1) is 16.2. The summed E-state index contributed by atoms with van der Waals surface area (Å²) in [5.41, 5.74) is 0.319. The zero-order valence-corrected chi connectivity index (χ0v) is 12.6. The lowest BCUT2D eigenvalue weighted by Gasteiger charge is -2.03. The Kier molecular flexibility index (Phi) is 4.46. The van der Waals surface area contributed by atoms with Crippen LogP contribution in [0.15, 0.2) is 41.1 Å². The van der Waals surface area contributed by atoms with Gasteiger partial charge in [-0.1, -0.05) is 23.4 Å².